The highest BCUT2D eigenvalue weighted by Gasteiger charge is 2.37. The van der Waals surface area contributed by atoms with Crippen LogP contribution in [0.2, 0.25) is 0 Å². The van der Waals surface area contributed by atoms with Gasteiger partial charge in [-0.05, 0) is 57.1 Å². The molecule has 11 heteroatoms. The number of amides is 1. The second-order valence-corrected chi connectivity index (χ2v) is 13.3. The molecule has 0 bridgehead atoms. The lowest BCUT2D eigenvalue weighted by molar-refractivity contribution is -0.193. The first-order valence-electron chi connectivity index (χ1n) is 14.0. The Balaban J connectivity index is 1.74. The van der Waals surface area contributed by atoms with Crippen molar-refractivity contribution >= 4 is 32.8 Å². The minimum absolute atomic E-state index is 0.0722. The summed E-state index contributed by atoms with van der Waals surface area (Å²) in [7, 11) is -2.21. The maximum atomic E-state index is 13.1. The number of hydrogen-bond donors (Lipinski definition) is 3. The third kappa shape index (κ3) is 6.58. The van der Waals surface area contributed by atoms with Gasteiger partial charge < -0.3 is 24.7 Å². The van der Waals surface area contributed by atoms with Crippen molar-refractivity contribution in [1.82, 2.24) is 10.3 Å². The number of aliphatic hydroxyl groups is 2. The summed E-state index contributed by atoms with van der Waals surface area (Å²) in [5.74, 6) is 0.446. The molecule has 10 nitrogen and oxygen atoms in total. The van der Waals surface area contributed by atoms with Gasteiger partial charge in [-0.3, -0.25) is 9.10 Å². The van der Waals surface area contributed by atoms with Gasteiger partial charge in [0.2, 0.25) is 15.7 Å². The maximum Gasteiger partial charge on any atom is 0.255 e. The van der Waals surface area contributed by atoms with E-state index in [0.717, 1.165) is 30.2 Å². The van der Waals surface area contributed by atoms with Crippen molar-refractivity contribution in [3.8, 4) is 11.3 Å². The van der Waals surface area contributed by atoms with Crippen molar-refractivity contribution in [3.63, 3.8) is 0 Å². The number of nitrogens with zero attached hydrogens (tertiary/aromatic N) is 2. The number of aromatic nitrogens is 1. The quantitative estimate of drug-likeness (QED) is 0.251. The number of aliphatic hydroxyl groups excluding tert-OH is 2. The van der Waals surface area contributed by atoms with Crippen LogP contribution in [0.15, 0.2) is 34.7 Å². The van der Waals surface area contributed by atoms with E-state index in [9.17, 15) is 23.4 Å². The summed E-state index contributed by atoms with van der Waals surface area (Å²) >= 11 is 0. The van der Waals surface area contributed by atoms with Gasteiger partial charge in [-0.1, -0.05) is 43.7 Å². The first kappa shape index (κ1) is 31.0. The lowest BCUT2D eigenvalue weighted by Crippen LogP contribution is -2.42. The Kier molecular flexibility index (Phi) is 9.13. The summed E-state index contributed by atoms with van der Waals surface area (Å²) < 4.78 is 38.9. The average molecular weight is 588 g/mol. The average Bonchev–Trinajstić information content (AvgIpc) is 3.70. The molecule has 1 amide bonds. The molecule has 2 heterocycles. The monoisotopic (exact) mass is 587 g/mol. The fraction of sp³-hybridized carbons (Fsp3) is 0.533. The highest BCUT2D eigenvalue weighted by Crippen LogP contribution is 2.47. The minimum atomic E-state index is -3.76. The molecule has 1 fully saturated rings. The van der Waals surface area contributed by atoms with Gasteiger partial charge in [0.25, 0.3) is 5.91 Å². The molecule has 41 heavy (non-hydrogen) atoms. The Labute approximate surface area is 241 Å². The van der Waals surface area contributed by atoms with Crippen LogP contribution >= 0.6 is 0 Å². The summed E-state index contributed by atoms with van der Waals surface area (Å²) in [6.45, 7) is 7.52. The SMILES string of the molecule is CCOC(O)C(C)(C)C(O)CCCN(c1nc2oc(-c3ccc(C)cc3)c(C(=O)NC)c2cc1C1CC1)S(C)(=O)=O. The molecule has 4 rings (SSSR count). The number of fused-ring (bicyclic) bond motifs is 1. The zero-order valence-electron chi connectivity index (χ0n) is 24.6. The summed E-state index contributed by atoms with van der Waals surface area (Å²) in [6.07, 6.45) is 1.37. The number of aryl methyl sites for hydroxylation is 1. The molecule has 2 atom stereocenters. The molecule has 2 unspecified atom stereocenters. The maximum absolute atomic E-state index is 13.1. The van der Waals surface area contributed by atoms with E-state index in [1.807, 2.05) is 37.3 Å². The van der Waals surface area contributed by atoms with Crippen LogP contribution in [0.1, 0.15) is 73.9 Å². The topological polar surface area (TPSA) is 142 Å². The van der Waals surface area contributed by atoms with E-state index in [1.54, 1.807) is 27.8 Å². The Morgan fingerprint density at radius 1 is 1.24 bits per heavy atom. The van der Waals surface area contributed by atoms with Crippen molar-refractivity contribution in [2.45, 2.75) is 71.7 Å². The number of pyridine rings is 1. The van der Waals surface area contributed by atoms with Gasteiger partial charge in [-0.2, -0.15) is 4.98 Å². The smallest absolute Gasteiger partial charge is 0.255 e. The van der Waals surface area contributed by atoms with Gasteiger partial charge in [0.05, 0.1) is 23.3 Å². The van der Waals surface area contributed by atoms with Crippen molar-refractivity contribution in [2.24, 2.45) is 5.41 Å². The van der Waals surface area contributed by atoms with Crippen molar-refractivity contribution in [3.05, 3.63) is 47.0 Å². The lowest BCUT2D eigenvalue weighted by atomic mass is 9.83. The van der Waals surface area contributed by atoms with Crippen LogP contribution in [0.3, 0.4) is 0 Å². The number of benzene rings is 1. The van der Waals surface area contributed by atoms with Crippen LogP contribution in [0.5, 0.6) is 0 Å². The summed E-state index contributed by atoms with van der Waals surface area (Å²) in [5, 5.41) is 24.3. The van der Waals surface area contributed by atoms with E-state index < -0.39 is 27.8 Å². The number of hydrogen-bond acceptors (Lipinski definition) is 8. The van der Waals surface area contributed by atoms with Gasteiger partial charge in [0.1, 0.15) is 11.6 Å². The van der Waals surface area contributed by atoms with Crippen LogP contribution in [0.4, 0.5) is 5.82 Å². The van der Waals surface area contributed by atoms with Gasteiger partial charge >= 0.3 is 0 Å². The first-order valence-corrected chi connectivity index (χ1v) is 15.9. The Bertz CT molecular complexity index is 1490. The molecule has 2 aromatic heterocycles. The molecule has 224 valence electrons. The summed E-state index contributed by atoms with van der Waals surface area (Å²) in [5.41, 5.74) is 2.11. The second kappa shape index (κ2) is 12.1. The van der Waals surface area contributed by atoms with E-state index >= 15 is 0 Å². The number of ether oxygens (including phenoxy) is 1. The number of sulfonamides is 1. The van der Waals surface area contributed by atoms with Crippen LogP contribution in [0.25, 0.3) is 22.4 Å². The van der Waals surface area contributed by atoms with Crippen molar-refractivity contribution in [2.75, 3.05) is 30.8 Å². The Hall–Kier alpha value is -2.99. The minimum Gasteiger partial charge on any atom is -0.437 e. The Morgan fingerprint density at radius 2 is 1.90 bits per heavy atom. The molecule has 0 aliphatic heterocycles. The Morgan fingerprint density at radius 3 is 2.46 bits per heavy atom. The molecule has 1 saturated carbocycles. The molecule has 0 radical (unpaired) electrons. The molecule has 1 aliphatic carbocycles. The fourth-order valence-electron chi connectivity index (χ4n) is 4.95. The second-order valence-electron chi connectivity index (χ2n) is 11.4. The van der Waals surface area contributed by atoms with Crippen LogP contribution in [0, 0.1) is 12.3 Å². The number of rotatable bonds is 13. The van der Waals surface area contributed by atoms with Crippen LogP contribution < -0.4 is 9.62 Å². The highest BCUT2D eigenvalue weighted by molar-refractivity contribution is 7.92. The van der Waals surface area contributed by atoms with Crippen molar-refractivity contribution < 1.29 is 32.6 Å². The highest BCUT2D eigenvalue weighted by atomic mass is 32.2. The first-order chi connectivity index (χ1) is 19.3. The molecule has 0 spiro atoms. The molecule has 1 aromatic carbocycles. The number of nitrogens with one attached hydrogen (secondary N) is 1. The zero-order valence-corrected chi connectivity index (χ0v) is 25.4. The van der Waals surface area contributed by atoms with E-state index in [1.165, 1.54) is 4.31 Å². The molecule has 0 saturated heterocycles. The largest absolute Gasteiger partial charge is 0.437 e. The van der Waals surface area contributed by atoms with Crippen LogP contribution in [-0.4, -0.2) is 68.4 Å². The number of carbonyl (C=O) groups excluding carboxylic acids is 1. The van der Waals surface area contributed by atoms with Crippen LogP contribution in [-0.2, 0) is 14.8 Å². The predicted molar refractivity (Wildman–Crippen MR) is 158 cm³/mol. The fourth-order valence-corrected chi connectivity index (χ4v) is 5.87. The van der Waals surface area contributed by atoms with Gasteiger partial charge in [0, 0.05) is 31.2 Å². The molecule has 1 aliphatic rings. The third-order valence-corrected chi connectivity index (χ3v) is 8.93. The standard InChI is InChI=1S/C30H41N3O7S/c1-7-39-29(36)30(3,4)23(34)9-8-16-33(41(6,37)38)26-21(19-14-15-19)17-22-24(27(35)31-5)25(40-28(22)32-26)20-12-10-18(2)11-13-20/h10-13,17,19,23,29,34,36H,7-9,14-16H2,1-6H3,(H,31,35). The molecule has 3 N–H and O–H groups in total. The zero-order chi connectivity index (χ0) is 30.1. The third-order valence-electron chi connectivity index (χ3n) is 7.77. The van der Waals surface area contributed by atoms with E-state index in [4.69, 9.17) is 14.1 Å². The normalized spacial score (nSPS) is 15.6. The van der Waals surface area contributed by atoms with E-state index in [-0.39, 0.29) is 36.3 Å². The van der Waals surface area contributed by atoms with E-state index in [2.05, 4.69) is 5.32 Å². The molecular formula is C30H41N3O7S. The number of furan rings is 1. The van der Waals surface area contributed by atoms with Gasteiger partial charge in [-0.25, -0.2) is 8.42 Å². The predicted octanol–water partition coefficient (Wildman–Crippen LogP) is 4.33. The number of carbonyl (C=O) groups is 1. The van der Waals surface area contributed by atoms with E-state index in [0.29, 0.717) is 35.3 Å². The van der Waals surface area contributed by atoms with Gasteiger partial charge in [-0.15, -0.1) is 0 Å². The van der Waals surface area contributed by atoms with Gasteiger partial charge in [0.15, 0.2) is 6.29 Å². The molecular weight excluding hydrogens is 546 g/mol. The van der Waals surface area contributed by atoms with Crippen molar-refractivity contribution in [1.29, 1.82) is 0 Å². The molecule has 3 aromatic rings. The summed E-state index contributed by atoms with van der Waals surface area (Å²) in [4.78, 5) is 17.8. The summed E-state index contributed by atoms with van der Waals surface area (Å²) in [6, 6.07) is 9.45. The lowest BCUT2D eigenvalue weighted by Gasteiger charge is -2.35. The number of anilines is 1.